The SMILES string of the molecule is O=C(O)OS(=O)(=O)O.O=P(O)(O)O. The highest BCUT2D eigenvalue weighted by atomic mass is 32.3. The normalized spacial score (nSPS) is 11.1. The van der Waals surface area contributed by atoms with Gasteiger partial charge in [0.1, 0.15) is 0 Å². The van der Waals surface area contributed by atoms with Crippen LogP contribution in [0.3, 0.4) is 0 Å². The van der Waals surface area contributed by atoms with Crippen molar-refractivity contribution >= 4 is 24.4 Å². The molecule has 0 saturated carbocycles. The van der Waals surface area contributed by atoms with Crippen LogP contribution >= 0.6 is 7.82 Å². The molecule has 0 unspecified atom stereocenters. The van der Waals surface area contributed by atoms with Crippen LogP contribution in [0.15, 0.2) is 0 Å². The molecule has 0 radical (unpaired) electrons. The predicted octanol–water partition coefficient (Wildman–Crippen LogP) is -1.44. The lowest BCUT2D eigenvalue weighted by Crippen LogP contribution is -2.08. The van der Waals surface area contributed by atoms with Gasteiger partial charge in [-0.2, -0.15) is 8.42 Å². The first kappa shape index (κ1) is 14.8. The van der Waals surface area contributed by atoms with Crippen molar-refractivity contribution in [1.29, 1.82) is 0 Å². The highest BCUT2D eigenvalue weighted by Gasteiger charge is 2.09. The number of phosphoric acid groups is 1. The third-order valence-corrected chi connectivity index (χ3v) is 0.530. The minimum Gasteiger partial charge on any atom is -0.449 e. The van der Waals surface area contributed by atoms with Crippen LogP contribution in [0.5, 0.6) is 0 Å². The highest BCUT2D eigenvalue weighted by molar-refractivity contribution is 7.81. The van der Waals surface area contributed by atoms with Crippen LogP contribution in [0.4, 0.5) is 4.79 Å². The Morgan fingerprint density at radius 3 is 1.46 bits per heavy atom. The Balaban J connectivity index is 0. The molecule has 0 bridgehead atoms. The number of hydrogen-bond acceptors (Lipinski definition) is 5. The van der Waals surface area contributed by atoms with E-state index in [0.717, 1.165) is 0 Å². The second-order valence-corrected chi connectivity index (χ2v) is 3.34. The summed E-state index contributed by atoms with van der Waals surface area (Å²) in [4.78, 5) is 30.8. The molecule has 5 N–H and O–H groups in total. The van der Waals surface area contributed by atoms with Crippen molar-refractivity contribution in [2.75, 3.05) is 0 Å². The van der Waals surface area contributed by atoms with E-state index in [2.05, 4.69) is 4.18 Å². The maximum Gasteiger partial charge on any atom is 0.523 e. The van der Waals surface area contributed by atoms with Gasteiger partial charge in [-0.3, -0.25) is 8.74 Å². The maximum atomic E-state index is 9.39. The second kappa shape index (κ2) is 5.11. The van der Waals surface area contributed by atoms with Gasteiger partial charge < -0.3 is 19.8 Å². The Labute approximate surface area is 71.6 Å². The van der Waals surface area contributed by atoms with E-state index < -0.39 is 24.4 Å². The molecule has 12 heteroatoms. The first-order valence-corrected chi connectivity index (χ1v) is 5.03. The van der Waals surface area contributed by atoms with Crippen LogP contribution < -0.4 is 0 Å². The summed E-state index contributed by atoms with van der Waals surface area (Å²) >= 11 is 0. The van der Waals surface area contributed by atoms with E-state index in [0.29, 0.717) is 0 Å². The van der Waals surface area contributed by atoms with Gasteiger partial charge in [0.05, 0.1) is 0 Å². The summed E-state index contributed by atoms with van der Waals surface area (Å²) in [5, 5.41) is 7.49. The molecule has 0 aromatic heterocycles. The molecule has 80 valence electrons. The third-order valence-electron chi connectivity index (χ3n) is 0.177. The molecule has 0 atom stereocenters. The van der Waals surface area contributed by atoms with Gasteiger partial charge >= 0.3 is 24.4 Å². The highest BCUT2D eigenvalue weighted by Crippen LogP contribution is 2.25. The molecular formula is CH5O10PS. The Hall–Kier alpha value is -0.710. The number of rotatable bonds is 1. The minimum absolute atomic E-state index is 2.06. The molecule has 13 heavy (non-hydrogen) atoms. The molecule has 0 spiro atoms. The van der Waals surface area contributed by atoms with E-state index in [1.165, 1.54) is 0 Å². The van der Waals surface area contributed by atoms with Gasteiger partial charge in [-0.15, -0.1) is 0 Å². The smallest absolute Gasteiger partial charge is 0.449 e. The lowest BCUT2D eigenvalue weighted by molar-refractivity contribution is 0.141. The van der Waals surface area contributed by atoms with Crippen molar-refractivity contribution in [3.63, 3.8) is 0 Å². The van der Waals surface area contributed by atoms with E-state index in [4.69, 9.17) is 28.9 Å². The van der Waals surface area contributed by atoms with Gasteiger partial charge in [0.25, 0.3) is 0 Å². The Kier molecular flexibility index (Phi) is 5.82. The van der Waals surface area contributed by atoms with Gasteiger partial charge in [-0.25, -0.2) is 9.36 Å². The first-order valence-electron chi connectivity index (χ1n) is 2.10. The number of hydrogen-bond donors (Lipinski definition) is 5. The number of carbonyl (C=O) groups is 1. The van der Waals surface area contributed by atoms with Crippen LogP contribution in [0.1, 0.15) is 0 Å². The molecule has 0 aromatic carbocycles. The number of carboxylic acid groups (broad SMARTS) is 1. The van der Waals surface area contributed by atoms with Crippen molar-refractivity contribution < 1.29 is 46.3 Å². The van der Waals surface area contributed by atoms with Gasteiger partial charge in [0.2, 0.25) is 0 Å². The molecule has 0 aliphatic rings. The molecule has 0 aliphatic carbocycles. The zero-order valence-corrected chi connectivity index (χ0v) is 7.34. The lowest BCUT2D eigenvalue weighted by Gasteiger charge is -1.88. The van der Waals surface area contributed by atoms with E-state index in [9.17, 15) is 13.2 Å². The fraction of sp³-hybridized carbons (Fsp3) is 0. The quantitative estimate of drug-likeness (QED) is 0.269. The Morgan fingerprint density at radius 1 is 1.23 bits per heavy atom. The average molecular weight is 240 g/mol. The van der Waals surface area contributed by atoms with Crippen LogP contribution in [0, 0.1) is 0 Å². The molecule has 0 saturated heterocycles. The topological polar surface area (TPSA) is 179 Å². The van der Waals surface area contributed by atoms with Crippen molar-refractivity contribution in [2.24, 2.45) is 0 Å². The summed E-state index contributed by atoms with van der Waals surface area (Å²) in [5.74, 6) is 0. The summed E-state index contributed by atoms with van der Waals surface area (Å²) in [7, 11) is -9.46. The first-order chi connectivity index (χ1) is 5.42. The van der Waals surface area contributed by atoms with Crippen LogP contribution in [-0.2, 0) is 19.1 Å². The summed E-state index contributed by atoms with van der Waals surface area (Å²) in [5.41, 5.74) is 0. The van der Waals surface area contributed by atoms with Gasteiger partial charge in [-0.1, -0.05) is 0 Å². The van der Waals surface area contributed by atoms with E-state index in [-0.39, 0.29) is 0 Å². The van der Waals surface area contributed by atoms with E-state index >= 15 is 0 Å². The molecule has 0 rings (SSSR count). The van der Waals surface area contributed by atoms with Crippen LogP contribution in [0.25, 0.3) is 0 Å². The fourth-order valence-corrected chi connectivity index (χ4v) is 0.270. The van der Waals surface area contributed by atoms with E-state index in [1.807, 2.05) is 0 Å². The summed E-state index contributed by atoms with van der Waals surface area (Å²) in [6, 6.07) is 0. The zero-order chi connectivity index (χ0) is 11.3. The largest absolute Gasteiger partial charge is 0.523 e. The van der Waals surface area contributed by atoms with Crippen molar-refractivity contribution in [3.05, 3.63) is 0 Å². The molecule has 10 nitrogen and oxygen atoms in total. The minimum atomic E-state index is -4.82. The predicted molar refractivity (Wildman–Crippen MR) is 34.9 cm³/mol. The standard InChI is InChI=1S/CH2O6S.H3O4P/c2-1(3)7-8(4,5)6;1-5(2,3)4/h(H,2,3)(H,4,5,6);(H3,1,2,3,4). The van der Waals surface area contributed by atoms with Crippen molar-refractivity contribution in [1.82, 2.24) is 0 Å². The molecule has 0 amide bonds. The van der Waals surface area contributed by atoms with E-state index in [1.54, 1.807) is 0 Å². The summed E-state index contributed by atoms with van der Waals surface area (Å²) in [6.45, 7) is 0. The van der Waals surface area contributed by atoms with Crippen LogP contribution in [0.2, 0.25) is 0 Å². The summed E-state index contributed by atoms with van der Waals surface area (Å²) in [6.07, 6.45) is -2.06. The van der Waals surface area contributed by atoms with Gasteiger partial charge in [0, 0.05) is 0 Å². The van der Waals surface area contributed by atoms with Crippen LogP contribution in [-0.4, -0.2) is 38.9 Å². The van der Waals surface area contributed by atoms with Crippen molar-refractivity contribution in [3.8, 4) is 0 Å². The second-order valence-electron chi connectivity index (χ2n) is 1.29. The Morgan fingerprint density at radius 2 is 1.46 bits per heavy atom. The van der Waals surface area contributed by atoms with Crippen molar-refractivity contribution in [2.45, 2.75) is 0 Å². The summed E-state index contributed by atoms with van der Waals surface area (Å²) < 4.78 is 38.1. The fourth-order valence-electron chi connectivity index (χ4n) is 0.0901. The Bertz CT molecular complexity index is 285. The monoisotopic (exact) mass is 240 g/mol. The molecule has 0 aliphatic heterocycles. The molecule has 0 heterocycles. The molecule has 0 fully saturated rings. The third kappa shape index (κ3) is 52.9. The van der Waals surface area contributed by atoms with Gasteiger partial charge in [-0.05, 0) is 0 Å². The average Bonchev–Trinajstić information content (AvgIpc) is 1.47. The van der Waals surface area contributed by atoms with Gasteiger partial charge in [0.15, 0.2) is 0 Å². The molecular weight excluding hydrogens is 235 g/mol. The molecule has 0 aromatic rings. The maximum absolute atomic E-state index is 9.39. The lowest BCUT2D eigenvalue weighted by atomic mass is 11.5. The zero-order valence-electron chi connectivity index (χ0n) is 5.63.